The summed E-state index contributed by atoms with van der Waals surface area (Å²) in [6, 6.07) is 1.28. The minimum atomic E-state index is -0.788. The third-order valence-corrected chi connectivity index (χ3v) is 4.11. The molecule has 89 valence electrons. The summed E-state index contributed by atoms with van der Waals surface area (Å²) in [4.78, 5) is 19.4. The number of aromatic nitrogens is 2. The summed E-state index contributed by atoms with van der Waals surface area (Å²) >= 11 is 0. The van der Waals surface area contributed by atoms with Crippen LogP contribution in [-0.2, 0) is 10.2 Å². The summed E-state index contributed by atoms with van der Waals surface area (Å²) in [7, 11) is 0. The summed E-state index contributed by atoms with van der Waals surface area (Å²) in [5, 5.41) is 12.5. The molecule has 0 aromatic carbocycles. The van der Waals surface area contributed by atoms with Crippen LogP contribution in [0.1, 0.15) is 25.0 Å². The largest absolute Gasteiger partial charge is 0.480 e. The van der Waals surface area contributed by atoms with Crippen molar-refractivity contribution in [3.05, 3.63) is 24.3 Å². The highest BCUT2D eigenvalue weighted by Crippen LogP contribution is 2.48. The normalized spacial score (nSPS) is 35.8. The van der Waals surface area contributed by atoms with Gasteiger partial charge in [-0.05, 0) is 37.8 Å². The Balaban J connectivity index is 2.05. The molecule has 3 unspecified atom stereocenters. The van der Waals surface area contributed by atoms with E-state index < -0.39 is 12.0 Å². The monoisotopic (exact) mass is 232 g/mol. The average molecular weight is 232 g/mol. The number of carboxylic acids is 1. The van der Waals surface area contributed by atoms with Crippen molar-refractivity contribution in [1.29, 1.82) is 0 Å². The van der Waals surface area contributed by atoms with E-state index >= 15 is 0 Å². The number of rotatable bonds is 2. The predicted molar refractivity (Wildman–Crippen MR) is 59.3 cm³/mol. The molecule has 1 saturated heterocycles. The number of fused-ring (bicyclic) bond motifs is 2. The zero-order valence-corrected chi connectivity index (χ0v) is 9.39. The first-order valence-corrected chi connectivity index (χ1v) is 5.88. The number of piperidine rings is 1. The molecular formula is C12H14N3O2. The van der Waals surface area contributed by atoms with Gasteiger partial charge in [-0.2, -0.15) is 0 Å². The number of aliphatic carboxylic acids is 1. The number of hydrogen-bond acceptors (Lipinski definition) is 4. The molecule has 0 amide bonds. The first-order chi connectivity index (χ1) is 8.22. The van der Waals surface area contributed by atoms with Gasteiger partial charge in [-0.1, -0.05) is 0 Å². The molecular weight excluding hydrogens is 218 g/mol. The summed E-state index contributed by atoms with van der Waals surface area (Å²) in [6.07, 6.45) is 7.07. The fraction of sp³-hybridized carbons (Fsp3) is 0.583. The number of nitrogens with one attached hydrogen (secondary N) is 1. The Morgan fingerprint density at radius 2 is 2.53 bits per heavy atom. The van der Waals surface area contributed by atoms with Crippen LogP contribution in [0.5, 0.6) is 0 Å². The quantitative estimate of drug-likeness (QED) is 0.770. The fourth-order valence-corrected chi connectivity index (χ4v) is 3.34. The molecule has 3 rings (SSSR count). The molecule has 1 saturated carbocycles. The minimum Gasteiger partial charge on any atom is -0.480 e. The first-order valence-electron chi connectivity index (χ1n) is 5.88. The van der Waals surface area contributed by atoms with Crippen LogP contribution in [0, 0.1) is 12.2 Å². The van der Waals surface area contributed by atoms with Gasteiger partial charge in [0.15, 0.2) is 6.33 Å². The third kappa shape index (κ3) is 1.53. The smallest absolute Gasteiger partial charge is 0.321 e. The Bertz CT molecular complexity index is 437. The molecule has 3 atom stereocenters. The van der Waals surface area contributed by atoms with Crippen LogP contribution in [0.15, 0.2) is 12.3 Å². The van der Waals surface area contributed by atoms with Crippen LogP contribution in [0.25, 0.3) is 0 Å². The molecule has 2 fully saturated rings. The van der Waals surface area contributed by atoms with Crippen molar-refractivity contribution >= 4 is 5.97 Å². The lowest BCUT2D eigenvalue weighted by Gasteiger charge is -2.38. The molecule has 2 N–H and O–H groups in total. The molecule has 5 nitrogen and oxygen atoms in total. The molecule has 1 aromatic heterocycles. The molecule has 2 bridgehead atoms. The third-order valence-electron chi connectivity index (χ3n) is 4.11. The van der Waals surface area contributed by atoms with E-state index in [1.807, 2.05) is 6.07 Å². The minimum absolute atomic E-state index is 0.367. The molecule has 1 radical (unpaired) electrons. The zero-order valence-electron chi connectivity index (χ0n) is 9.39. The first kappa shape index (κ1) is 10.7. The van der Waals surface area contributed by atoms with Gasteiger partial charge < -0.3 is 10.4 Å². The Morgan fingerprint density at radius 1 is 1.65 bits per heavy atom. The van der Waals surface area contributed by atoms with Crippen LogP contribution < -0.4 is 5.32 Å². The lowest BCUT2D eigenvalue weighted by molar-refractivity contribution is -0.142. The van der Waals surface area contributed by atoms with Crippen LogP contribution in [0.2, 0.25) is 0 Å². The molecule has 2 aliphatic rings. The second kappa shape index (κ2) is 3.77. The Morgan fingerprint density at radius 3 is 3.24 bits per heavy atom. The highest BCUT2D eigenvalue weighted by atomic mass is 16.4. The molecule has 1 aromatic rings. The summed E-state index contributed by atoms with van der Waals surface area (Å²) < 4.78 is 0. The van der Waals surface area contributed by atoms with E-state index in [2.05, 4.69) is 21.6 Å². The standard InChI is InChI=1S/C12H14N3O2/c16-11(17)10-12(9-2-4-13-7-15-9)3-1-8(5-12)6-14-10/h2,4,8,10,14H,1,3,5-6H2,(H,16,17). The Hall–Kier alpha value is -1.49. The Labute approximate surface area is 99.3 Å². The second-order valence-corrected chi connectivity index (χ2v) is 4.99. The van der Waals surface area contributed by atoms with Crippen molar-refractivity contribution in [2.45, 2.75) is 30.7 Å². The van der Waals surface area contributed by atoms with Gasteiger partial charge in [0.25, 0.3) is 0 Å². The van der Waals surface area contributed by atoms with Gasteiger partial charge in [0.2, 0.25) is 0 Å². The van der Waals surface area contributed by atoms with Gasteiger partial charge in [0.05, 0.1) is 5.69 Å². The van der Waals surface area contributed by atoms with Gasteiger partial charge in [0, 0.05) is 11.6 Å². The Kier molecular flexibility index (Phi) is 2.36. The lowest BCUT2D eigenvalue weighted by atomic mass is 9.73. The maximum Gasteiger partial charge on any atom is 0.321 e. The van der Waals surface area contributed by atoms with Gasteiger partial charge in [-0.25, -0.2) is 9.97 Å². The van der Waals surface area contributed by atoms with Crippen LogP contribution in [-0.4, -0.2) is 33.6 Å². The summed E-state index contributed by atoms with van der Waals surface area (Å²) in [6.45, 7) is 0.799. The van der Waals surface area contributed by atoms with Gasteiger partial charge in [0.1, 0.15) is 6.04 Å². The van der Waals surface area contributed by atoms with Crippen LogP contribution in [0.3, 0.4) is 0 Å². The summed E-state index contributed by atoms with van der Waals surface area (Å²) in [5.41, 5.74) is 0.448. The molecule has 17 heavy (non-hydrogen) atoms. The molecule has 2 heterocycles. The maximum atomic E-state index is 11.4. The maximum absolute atomic E-state index is 11.4. The second-order valence-electron chi connectivity index (χ2n) is 4.99. The highest BCUT2D eigenvalue weighted by molar-refractivity contribution is 5.76. The number of hydrogen-bond donors (Lipinski definition) is 2. The number of carboxylic acid groups (broad SMARTS) is 1. The van der Waals surface area contributed by atoms with E-state index in [1.54, 1.807) is 6.20 Å². The van der Waals surface area contributed by atoms with E-state index in [-0.39, 0.29) is 5.41 Å². The van der Waals surface area contributed by atoms with Crippen LogP contribution in [0.4, 0.5) is 0 Å². The molecule has 1 aliphatic carbocycles. The van der Waals surface area contributed by atoms with Crippen molar-refractivity contribution in [3.8, 4) is 0 Å². The fourth-order valence-electron chi connectivity index (χ4n) is 3.34. The lowest BCUT2D eigenvalue weighted by Crippen LogP contribution is -2.56. The topological polar surface area (TPSA) is 75.1 Å². The zero-order chi connectivity index (χ0) is 11.9. The van der Waals surface area contributed by atoms with Crippen molar-refractivity contribution in [1.82, 2.24) is 15.3 Å². The SMILES string of the molecule is O=C(O)C1NCC2CCC1(c1ccn[c]n1)C2. The summed E-state index contributed by atoms with van der Waals surface area (Å²) in [5.74, 6) is -0.218. The molecule has 1 aliphatic heterocycles. The van der Waals surface area contributed by atoms with Gasteiger partial charge in [-0.3, -0.25) is 4.79 Å². The van der Waals surface area contributed by atoms with Crippen LogP contribution >= 0.6 is 0 Å². The molecule has 0 spiro atoms. The van der Waals surface area contributed by atoms with E-state index in [9.17, 15) is 9.90 Å². The molecule has 5 heteroatoms. The van der Waals surface area contributed by atoms with Crippen molar-refractivity contribution in [3.63, 3.8) is 0 Å². The number of nitrogens with zero attached hydrogens (tertiary/aromatic N) is 2. The highest BCUT2D eigenvalue weighted by Gasteiger charge is 2.53. The van der Waals surface area contributed by atoms with E-state index in [4.69, 9.17) is 0 Å². The van der Waals surface area contributed by atoms with E-state index in [1.165, 1.54) is 0 Å². The van der Waals surface area contributed by atoms with E-state index in [0.29, 0.717) is 5.92 Å². The van der Waals surface area contributed by atoms with Gasteiger partial charge >= 0.3 is 5.97 Å². The van der Waals surface area contributed by atoms with Crippen molar-refractivity contribution in [2.75, 3.05) is 6.54 Å². The van der Waals surface area contributed by atoms with E-state index in [0.717, 1.165) is 31.5 Å². The van der Waals surface area contributed by atoms with Crippen molar-refractivity contribution in [2.24, 2.45) is 5.92 Å². The number of carbonyl (C=O) groups is 1. The van der Waals surface area contributed by atoms with Crippen molar-refractivity contribution < 1.29 is 9.90 Å². The predicted octanol–water partition coefficient (Wildman–Crippen LogP) is 0.371. The average Bonchev–Trinajstić information content (AvgIpc) is 2.69. The van der Waals surface area contributed by atoms with Gasteiger partial charge in [-0.15, -0.1) is 0 Å².